The topological polar surface area (TPSA) is 105 Å². The predicted molar refractivity (Wildman–Crippen MR) is 99.0 cm³/mol. The first-order valence-corrected chi connectivity index (χ1v) is 9.39. The summed E-state index contributed by atoms with van der Waals surface area (Å²) < 4.78 is 29.5. The average molecular weight is 377 g/mol. The number of benzene rings is 2. The Hall–Kier alpha value is -3.07. The van der Waals surface area contributed by atoms with Crippen molar-refractivity contribution in [2.45, 2.75) is 6.92 Å². The van der Waals surface area contributed by atoms with E-state index in [0.29, 0.717) is 15.7 Å². The van der Waals surface area contributed by atoms with Crippen molar-refractivity contribution in [1.29, 1.82) is 0 Å². The van der Waals surface area contributed by atoms with Crippen LogP contribution in [0.25, 0.3) is 0 Å². The van der Waals surface area contributed by atoms with E-state index in [1.807, 2.05) is 5.32 Å². The van der Waals surface area contributed by atoms with E-state index in [4.69, 9.17) is 4.74 Å². The molecule has 2 aromatic carbocycles. The van der Waals surface area contributed by atoms with Gasteiger partial charge in [0.15, 0.2) is 0 Å². The summed E-state index contributed by atoms with van der Waals surface area (Å²) in [4.78, 5) is 24.4. The summed E-state index contributed by atoms with van der Waals surface area (Å²) in [5.41, 5.74) is 1.30. The lowest BCUT2D eigenvalue weighted by molar-refractivity contribution is 0.238. The number of rotatable bonds is 4. The van der Waals surface area contributed by atoms with E-state index < -0.39 is 22.1 Å². The van der Waals surface area contributed by atoms with Crippen LogP contribution in [0.2, 0.25) is 0 Å². The molecule has 4 amide bonds. The van der Waals surface area contributed by atoms with Crippen LogP contribution in [-0.4, -0.2) is 33.8 Å². The van der Waals surface area contributed by atoms with Crippen LogP contribution in [-0.2, 0) is 10.0 Å². The van der Waals surface area contributed by atoms with Crippen molar-refractivity contribution in [3.63, 3.8) is 0 Å². The van der Waals surface area contributed by atoms with Gasteiger partial charge in [0.05, 0.1) is 19.1 Å². The Morgan fingerprint density at radius 2 is 1.73 bits per heavy atom. The minimum Gasteiger partial charge on any atom is -0.497 e. The first kappa shape index (κ1) is 19.3. The number of para-hydroxylation sites is 1. The zero-order valence-electron chi connectivity index (χ0n) is 14.5. The molecule has 8 nitrogen and oxygen atoms in total. The second kappa shape index (κ2) is 7.87. The number of carbonyl (C=O) groups is 2. The molecular weight excluding hydrogens is 358 g/mol. The van der Waals surface area contributed by atoms with E-state index in [-0.39, 0.29) is 5.69 Å². The molecule has 2 rings (SSSR count). The van der Waals surface area contributed by atoms with Crippen molar-refractivity contribution < 1.29 is 22.7 Å². The SMILES string of the molecule is COc1ccc(NC(=O)NC(=O)N(c2ccccc2)S(C)(=O)=O)c(C)c1. The largest absolute Gasteiger partial charge is 0.497 e. The second-order valence-corrected chi connectivity index (χ2v) is 7.26. The standard InChI is InChI=1S/C17H19N3O5S/c1-12-11-14(25-2)9-10-15(12)18-16(21)19-17(22)20(26(3,23)24)13-7-5-4-6-8-13/h4-11H,1-3H3,(H2,18,19,21,22). The Balaban J connectivity index is 2.15. The van der Waals surface area contributed by atoms with Crippen molar-refractivity contribution >= 4 is 33.5 Å². The molecule has 138 valence electrons. The normalized spacial score (nSPS) is 10.7. The number of sulfonamides is 1. The Morgan fingerprint density at radius 1 is 1.08 bits per heavy atom. The predicted octanol–water partition coefficient (Wildman–Crippen LogP) is 2.71. The van der Waals surface area contributed by atoms with E-state index in [2.05, 4.69) is 5.32 Å². The quantitative estimate of drug-likeness (QED) is 0.852. The number of carbonyl (C=O) groups excluding carboxylic acids is 2. The molecule has 0 radical (unpaired) electrons. The summed E-state index contributed by atoms with van der Waals surface area (Å²) >= 11 is 0. The molecule has 0 saturated carbocycles. The van der Waals surface area contributed by atoms with E-state index in [1.54, 1.807) is 43.3 Å². The lowest BCUT2D eigenvalue weighted by atomic mass is 10.2. The van der Waals surface area contributed by atoms with Crippen LogP contribution in [0.1, 0.15) is 5.56 Å². The number of ether oxygens (including phenoxy) is 1. The van der Waals surface area contributed by atoms with E-state index in [1.165, 1.54) is 19.2 Å². The van der Waals surface area contributed by atoms with Gasteiger partial charge in [0.2, 0.25) is 10.0 Å². The van der Waals surface area contributed by atoms with Crippen LogP contribution in [0.4, 0.5) is 21.0 Å². The number of nitrogens with zero attached hydrogens (tertiary/aromatic N) is 1. The van der Waals surface area contributed by atoms with Gasteiger partial charge in [-0.25, -0.2) is 18.0 Å². The van der Waals surface area contributed by atoms with Gasteiger partial charge in [-0.05, 0) is 42.8 Å². The summed E-state index contributed by atoms with van der Waals surface area (Å²) in [5.74, 6) is 0.622. The van der Waals surface area contributed by atoms with Gasteiger partial charge in [-0.1, -0.05) is 18.2 Å². The van der Waals surface area contributed by atoms with Gasteiger partial charge in [-0.2, -0.15) is 4.31 Å². The fraction of sp³-hybridized carbons (Fsp3) is 0.176. The highest BCUT2D eigenvalue weighted by Gasteiger charge is 2.26. The van der Waals surface area contributed by atoms with E-state index >= 15 is 0 Å². The maximum atomic E-state index is 12.3. The molecule has 0 atom stereocenters. The van der Waals surface area contributed by atoms with Crippen LogP contribution >= 0.6 is 0 Å². The number of aryl methyl sites for hydroxylation is 1. The van der Waals surface area contributed by atoms with Gasteiger partial charge in [-0.3, -0.25) is 5.32 Å². The van der Waals surface area contributed by atoms with Crippen molar-refractivity contribution in [3.8, 4) is 5.75 Å². The number of anilines is 2. The molecule has 0 aliphatic carbocycles. The molecule has 0 saturated heterocycles. The van der Waals surface area contributed by atoms with Crippen LogP contribution in [0.3, 0.4) is 0 Å². The van der Waals surface area contributed by atoms with Gasteiger partial charge in [0, 0.05) is 5.69 Å². The maximum Gasteiger partial charge on any atom is 0.343 e. The van der Waals surface area contributed by atoms with E-state index in [0.717, 1.165) is 11.8 Å². The third-order valence-corrected chi connectivity index (χ3v) is 4.45. The van der Waals surface area contributed by atoms with Crippen LogP contribution < -0.4 is 19.7 Å². The number of imide groups is 1. The van der Waals surface area contributed by atoms with Crippen LogP contribution in [0, 0.1) is 6.92 Å². The summed E-state index contributed by atoms with van der Waals surface area (Å²) in [5, 5.41) is 4.52. The Bertz CT molecular complexity index is 913. The molecule has 0 aliphatic heterocycles. The minimum absolute atomic E-state index is 0.126. The average Bonchev–Trinajstić information content (AvgIpc) is 2.56. The summed E-state index contributed by atoms with van der Waals surface area (Å²) in [6, 6.07) is 10.8. The molecule has 0 aliphatic rings. The lowest BCUT2D eigenvalue weighted by Gasteiger charge is -2.20. The molecular formula is C17H19N3O5S. The van der Waals surface area contributed by atoms with Crippen LogP contribution in [0.5, 0.6) is 5.75 Å². The third-order valence-electron chi connectivity index (χ3n) is 3.41. The highest BCUT2D eigenvalue weighted by Crippen LogP contribution is 2.21. The molecule has 0 fully saturated rings. The summed E-state index contributed by atoms with van der Waals surface area (Å²) in [7, 11) is -2.40. The molecule has 0 spiro atoms. The minimum atomic E-state index is -3.93. The molecule has 2 N–H and O–H groups in total. The third kappa shape index (κ3) is 4.73. The van der Waals surface area contributed by atoms with Gasteiger partial charge >= 0.3 is 12.1 Å². The Morgan fingerprint density at radius 3 is 2.27 bits per heavy atom. The van der Waals surface area contributed by atoms with E-state index in [9.17, 15) is 18.0 Å². The first-order chi connectivity index (χ1) is 12.2. The molecule has 0 unspecified atom stereocenters. The highest BCUT2D eigenvalue weighted by atomic mass is 32.2. The van der Waals surface area contributed by atoms with Gasteiger partial charge in [0.25, 0.3) is 0 Å². The monoisotopic (exact) mass is 377 g/mol. The Kier molecular flexibility index (Phi) is 5.83. The fourth-order valence-corrected chi connectivity index (χ4v) is 3.08. The molecule has 26 heavy (non-hydrogen) atoms. The summed E-state index contributed by atoms with van der Waals surface area (Å²) in [6.45, 7) is 1.76. The number of nitrogens with one attached hydrogen (secondary N) is 2. The first-order valence-electron chi connectivity index (χ1n) is 7.54. The van der Waals surface area contributed by atoms with Crippen molar-refractivity contribution in [1.82, 2.24) is 5.32 Å². The molecule has 0 heterocycles. The molecule has 0 aromatic heterocycles. The van der Waals surface area contributed by atoms with Gasteiger partial charge in [-0.15, -0.1) is 0 Å². The lowest BCUT2D eigenvalue weighted by Crippen LogP contribution is -2.47. The molecule has 9 heteroatoms. The molecule has 2 aromatic rings. The smallest absolute Gasteiger partial charge is 0.343 e. The number of methoxy groups -OCH3 is 1. The number of amides is 4. The zero-order chi connectivity index (χ0) is 19.3. The van der Waals surface area contributed by atoms with Gasteiger partial charge < -0.3 is 10.1 Å². The highest BCUT2D eigenvalue weighted by molar-refractivity contribution is 7.92. The maximum absolute atomic E-state index is 12.3. The van der Waals surface area contributed by atoms with Crippen molar-refractivity contribution in [3.05, 3.63) is 54.1 Å². The number of hydrogen-bond acceptors (Lipinski definition) is 5. The Labute approximate surface area is 151 Å². The van der Waals surface area contributed by atoms with Crippen molar-refractivity contribution in [2.24, 2.45) is 0 Å². The number of urea groups is 2. The van der Waals surface area contributed by atoms with Crippen molar-refractivity contribution in [2.75, 3.05) is 23.0 Å². The molecule has 0 bridgehead atoms. The van der Waals surface area contributed by atoms with Crippen LogP contribution in [0.15, 0.2) is 48.5 Å². The zero-order valence-corrected chi connectivity index (χ0v) is 15.3. The fourth-order valence-electron chi connectivity index (χ4n) is 2.23. The van der Waals surface area contributed by atoms with Gasteiger partial charge in [0.1, 0.15) is 5.75 Å². The summed E-state index contributed by atoms with van der Waals surface area (Å²) in [6.07, 6.45) is 0.880. The number of hydrogen-bond donors (Lipinski definition) is 2. The second-order valence-electron chi connectivity index (χ2n) is 5.43.